The second kappa shape index (κ2) is 37.7. The Morgan fingerprint density at radius 2 is 0.673 bits per heavy atom. The molecule has 0 heterocycles. The highest BCUT2D eigenvalue weighted by Crippen LogP contribution is 2.16. The van der Waals surface area contributed by atoms with Crippen molar-refractivity contribution in [3.8, 4) is 0 Å². The molecule has 0 N–H and O–H groups in total. The predicted molar refractivity (Wildman–Crippen MR) is 206 cm³/mol. The third-order valence-electron chi connectivity index (χ3n) is 9.54. The number of rotatable bonds is 38. The second-order valence-corrected chi connectivity index (χ2v) is 15.1. The Balaban J connectivity index is 4.21. The van der Waals surface area contributed by atoms with E-state index in [1.54, 1.807) is 0 Å². The van der Waals surface area contributed by atoms with Gasteiger partial charge >= 0.3 is 17.9 Å². The summed E-state index contributed by atoms with van der Waals surface area (Å²) in [6, 6.07) is 0. The van der Waals surface area contributed by atoms with Crippen LogP contribution in [0.5, 0.6) is 0 Å². The lowest BCUT2D eigenvalue weighted by molar-refractivity contribution is -0.167. The van der Waals surface area contributed by atoms with E-state index in [1.807, 2.05) is 0 Å². The van der Waals surface area contributed by atoms with Crippen molar-refractivity contribution >= 4 is 17.9 Å². The van der Waals surface area contributed by atoms with E-state index in [0.29, 0.717) is 19.3 Å². The maximum absolute atomic E-state index is 12.6. The van der Waals surface area contributed by atoms with E-state index >= 15 is 0 Å². The summed E-state index contributed by atoms with van der Waals surface area (Å²) in [5.41, 5.74) is 0. The van der Waals surface area contributed by atoms with Crippen LogP contribution >= 0.6 is 0 Å². The Morgan fingerprint density at radius 1 is 0.388 bits per heavy atom. The molecule has 0 radical (unpaired) electrons. The van der Waals surface area contributed by atoms with Crippen LogP contribution in [0.15, 0.2) is 0 Å². The zero-order valence-electron chi connectivity index (χ0n) is 33.1. The maximum Gasteiger partial charge on any atom is 0.306 e. The van der Waals surface area contributed by atoms with Gasteiger partial charge < -0.3 is 14.2 Å². The lowest BCUT2D eigenvalue weighted by Crippen LogP contribution is -2.30. The first-order valence-electron chi connectivity index (χ1n) is 21.4. The summed E-state index contributed by atoms with van der Waals surface area (Å²) in [5.74, 6) is -0.0768. The van der Waals surface area contributed by atoms with Gasteiger partial charge in [-0.1, -0.05) is 195 Å². The molecule has 0 fully saturated rings. The molecule has 0 amide bonds. The summed E-state index contributed by atoms with van der Waals surface area (Å²) in [4.78, 5) is 37.3. The van der Waals surface area contributed by atoms with Crippen LogP contribution in [0.2, 0.25) is 0 Å². The van der Waals surface area contributed by atoms with Crippen molar-refractivity contribution in [2.75, 3.05) is 13.2 Å². The minimum atomic E-state index is -0.757. The number of hydrogen-bond donors (Lipinski definition) is 0. The topological polar surface area (TPSA) is 78.9 Å². The molecule has 0 saturated heterocycles. The molecule has 0 saturated carbocycles. The van der Waals surface area contributed by atoms with Gasteiger partial charge in [0.2, 0.25) is 0 Å². The van der Waals surface area contributed by atoms with Gasteiger partial charge in [-0.3, -0.25) is 14.4 Å². The lowest BCUT2D eigenvalue weighted by Gasteiger charge is -2.18. The molecule has 290 valence electrons. The Bertz CT molecular complexity index is 736. The van der Waals surface area contributed by atoms with Gasteiger partial charge in [-0.25, -0.2) is 0 Å². The predicted octanol–water partition coefficient (Wildman–Crippen LogP) is 13.2. The Morgan fingerprint density at radius 3 is 1.00 bits per heavy atom. The summed E-state index contributed by atoms with van der Waals surface area (Å²) in [6.45, 7) is 8.87. The second-order valence-electron chi connectivity index (χ2n) is 15.1. The van der Waals surface area contributed by atoms with Crippen molar-refractivity contribution < 1.29 is 28.6 Å². The number of esters is 3. The van der Waals surface area contributed by atoms with Gasteiger partial charge in [0.25, 0.3) is 0 Å². The quantitative estimate of drug-likeness (QED) is 0.0364. The van der Waals surface area contributed by atoms with Crippen LogP contribution in [0.3, 0.4) is 0 Å². The molecule has 0 aliphatic carbocycles. The standard InChI is InChI=1S/C43H82O6/c1-5-7-9-11-12-13-14-15-16-17-18-19-24-28-32-36-43(46)49-40(37-47-41(44)34-30-25-10-8-6-2)38-48-42(45)35-31-27-23-21-20-22-26-29-33-39(3)4/h39-40H,5-38H2,1-4H3/t40-/m0/s1. The number of hydrogen-bond acceptors (Lipinski definition) is 6. The van der Waals surface area contributed by atoms with Crippen molar-refractivity contribution in [2.24, 2.45) is 5.92 Å². The lowest BCUT2D eigenvalue weighted by atomic mass is 10.0. The van der Waals surface area contributed by atoms with E-state index in [4.69, 9.17) is 14.2 Å². The van der Waals surface area contributed by atoms with Crippen molar-refractivity contribution in [3.63, 3.8) is 0 Å². The van der Waals surface area contributed by atoms with Gasteiger partial charge in [0.1, 0.15) is 13.2 Å². The van der Waals surface area contributed by atoms with Gasteiger partial charge in [0.15, 0.2) is 6.10 Å². The first kappa shape index (κ1) is 47.4. The molecule has 0 rings (SSSR count). The molecule has 6 nitrogen and oxygen atoms in total. The summed E-state index contributed by atoms with van der Waals surface area (Å²) in [5, 5.41) is 0. The number of carbonyl (C=O) groups is 3. The molecule has 0 unspecified atom stereocenters. The van der Waals surface area contributed by atoms with E-state index in [1.165, 1.54) is 122 Å². The summed E-state index contributed by atoms with van der Waals surface area (Å²) in [7, 11) is 0. The van der Waals surface area contributed by atoms with E-state index in [9.17, 15) is 14.4 Å². The highest BCUT2D eigenvalue weighted by atomic mass is 16.6. The molecule has 0 aliphatic rings. The normalized spacial score (nSPS) is 11.9. The van der Waals surface area contributed by atoms with Gasteiger partial charge in [-0.05, 0) is 25.2 Å². The smallest absolute Gasteiger partial charge is 0.306 e. The van der Waals surface area contributed by atoms with Crippen LogP contribution in [0, 0.1) is 5.92 Å². The van der Waals surface area contributed by atoms with Crippen LogP contribution in [0.1, 0.15) is 233 Å². The van der Waals surface area contributed by atoms with Crippen LogP contribution in [-0.4, -0.2) is 37.2 Å². The molecule has 0 aliphatic heterocycles. The van der Waals surface area contributed by atoms with Crippen LogP contribution in [0.4, 0.5) is 0 Å². The fourth-order valence-electron chi connectivity index (χ4n) is 6.27. The molecule has 0 aromatic carbocycles. The zero-order chi connectivity index (χ0) is 36.0. The van der Waals surface area contributed by atoms with Crippen molar-refractivity contribution in [1.29, 1.82) is 0 Å². The average Bonchev–Trinajstić information content (AvgIpc) is 3.08. The molecule has 0 spiro atoms. The molecule has 0 aromatic rings. The summed E-state index contributed by atoms with van der Waals surface area (Å²) < 4.78 is 16.6. The zero-order valence-corrected chi connectivity index (χ0v) is 33.1. The van der Waals surface area contributed by atoms with Gasteiger partial charge in [-0.2, -0.15) is 0 Å². The number of unbranched alkanes of at least 4 members (excludes halogenated alkanes) is 25. The molecular formula is C43H82O6. The summed E-state index contributed by atoms with van der Waals surface area (Å²) in [6.07, 6.45) is 35.5. The van der Waals surface area contributed by atoms with Crippen LogP contribution < -0.4 is 0 Å². The third-order valence-corrected chi connectivity index (χ3v) is 9.54. The monoisotopic (exact) mass is 695 g/mol. The Kier molecular flexibility index (Phi) is 36.4. The Hall–Kier alpha value is -1.59. The van der Waals surface area contributed by atoms with Crippen LogP contribution in [-0.2, 0) is 28.6 Å². The highest BCUT2D eigenvalue weighted by molar-refractivity contribution is 5.71. The van der Waals surface area contributed by atoms with E-state index in [0.717, 1.165) is 70.1 Å². The largest absolute Gasteiger partial charge is 0.462 e. The highest BCUT2D eigenvalue weighted by Gasteiger charge is 2.19. The van der Waals surface area contributed by atoms with E-state index < -0.39 is 6.10 Å². The average molecular weight is 695 g/mol. The molecule has 1 atom stereocenters. The number of ether oxygens (including phenoxy) is 3. The van der Waals surface area contributed by atoms with Gasteiger partial charge in [-0.15, -0.1) is 0 Å². The Labute approximate surface area is 304 Å². The first-order valence-corrected chi connectivity index (χ1v) is 21.4. The fraction of sp³-hybridized carbons (Fsp3) is 0.930. The molecule has 6 heteroatoms. The van der Waals surface area contributed by atoms with E-state index in [-0.39, 0.29) is 31.1 Å². The molecule has 0 bridgehead atoms. The third kappa shape index (κ3) is 37.5. The van der Waals surface area contributed by atoms with E-state index in [2.05, 4.69) is 27.7 Å². The maximum atomic E-state index is 12.6. The van der Waals surface area contributed by atoms with Crippen LogP contribution in [0.25, 0.3) is 0 Å². The van der Waals surface area contributed by atoms with Gasteiger partial charge in [0.05, 0.1) is 0 Å². The fourth-order valence-corrected chi connectivity index (χ4v) is 6.27. The minimum absolute atomic E-state index is 0.0659. The van der Waals surface area contributed by atoms with Crippen molar-refractivity contribution in [2.45, 2.75) is 239 Å². The van der Waals surface area contributed by atoms with Crippen molar-refractivity contribution in [1.82, 2.24) is 0 Å². The molecular weight excluding hydrogens is 612 g/mol. The van der Waals surface area contributed by atoms with Crippen molar-refractivity contribution in [3.05, 3.63) is 0 Å². The minimum Gasteiger partial charge on any atom is -0.462 e. The first-order chi connectivity index (χ1) is 23.9. The molecule has 49 heavy (non-hydrogen) atoms. The SMILES string of the molecule is CCCCCCCCCCCCCCCCCC(=O)O[C@@H](COC(=O)CCCCCCC)COC(=O)CCCCCCCCCCC(C)C. The summed E-state index contributed by atoms with van der Waals surface area (Å²) >= 11 is 0. The molecule has 0 aromatic heterocycles. The van der Waals surface area contributed by atoms with Gasteiger partial charge in [0, 0.05) is 19.3 Å². The number of carbonyl (C=O) groups excluding carboxylic acids is 3.